The Morgan fingerprint density at radius 1 is 1.23 bits per heavy atom. The van der Waals surface area contributed by atoms with Crippen LogP contribution in [0.1, 0.15) is 26.3 Å². The third-order valence-electron chi connectivity index (χ3n) is 4.29. The Balaban J connectivity index is 2.87. The van der Waals surface area contributed by atoms with E-state index < -0.39 is 33.8 Å². The molecule has 26 heavy (non-hydrogen) atoms. The van der Waals surface area contributed by atoms with E-state index in [0.29, 0.717) is 0 Å². The molecule has 146 valence electrons. The van der Waals surface area contributed by atoms with Crippen molar-refractivity contribution >= 4 is 16.0 Å². The number of hydrogen-bond acceptors (Lipinski definition) is 4. The zero-order chi connectivity index (χ0) is 20.0. The first-order valence-corrected chi connectivity index (χ1v) is 11.1. The molecule has 0 heterocycles. The molecule has 0 aliphatic heterocycles. The molecule has 1 N–H and O–H groups in total. The van der Waals surface area contributed by atoms with Crippen LogP contribution in [0.5, 0.6) is 5.75 Å². The molecule has 0 aliphatic carbocycles. The van der Waals surface area contributed by atoms with E-state index in [0.717, 1.165) is 12.1 Å². The zero-order valence-corrected chi connectivity index (χ0v) is 16.8. The standard InChI is InChI=1S/C17H26BF3O4Si/c1-16(2,3)26(4,5)25-15(9-10-24-18-22)12-23-14-8-6-7-13(11-14)17(19,20)21/h6-11,15,18,22H,12H2,1-5H3/b10-9+/t15-/m1/s1. The summed E-state index contributed by atoms with van der Waals surface area (Å²) in [4.78, 5) is 0. The van der Waals surface area contributed by atoms with E-state index in [1.165, 1.54) is 18.4 Å². The van der Waals surface area contributed by atoms with E-state index in [1.807, 2.05) is 0 Å². The fourth-order valence-corrected chi connectivity index (χ4v) is 3.07. The van der Waals surface area contributed by atoms with Crippen molar-refractivity contribution in [2.75, 3.05) is 6.61 Å². The predicted molar refractivity (Wildman–Crippen MR) is 98.6 cm³/mol. The largest absolute Gasteiger partial charge is 0.545 e. The Kier molecular flexibility index (Phi) is 7.79. The van der Waals surface area contributed by atoms with Gasteiger partial charge in [0.25, 0.3) is 0 Å². The monoisotopic (exact) mass is 390 g/mol. The summed E-state index contributed by atoms with van der Waals surface area (Å²) in [6.45, 7) is 10.4. The molecule has 0 saturated heterocycles. The minimum Gasteiger partial charge on any atom is -0.545 e. The lowest BCUT2D eigenvalue weighted by Crippen LogP contribution is -2.44. The van der Waals surface area contributed by atoms with Gasteiger partial charge in [-0.1, -0.05) is 26.8 Å². The lowest BCUT2D eigenvalue weighted by molar-refractivity contribution is -0.137. The highest BCUT2D eigenvalue weighted by Crippen LogP contribution is 2.37. The van der Waals surface area contributed by atoms with Crippen LogP contribution in [0.3, 0.4) is 0 Å². The van der Waals surface area contributed by atoms with Crippen molar-refractivity contribution in [3.63, 3.8) is 0 Å². The van der Waals surface area contributed by atoms with Gasteiger partial charge in [0.2, 0.25) is 0 Å². The van der Waals surface area contributed by atoms with Crippen molar-refractivity contribution in [3.05, 3.63) is 42.2 Å². The maximum absolute atomic E-state index is 12.8. The first kappa shape index (κ1) is 22.6. The van der Waals surface area contributed by atoms with Crippen molar-refractivity contribution < 1.29 is 32.0 Å². The van der Waals surface area contributed by atoms with Crippen LogP contribution >= 0.6 is 0 Å². The number of rotatable bonds is 8. The van der Waals surface area contributed by atoms with Crippen molar-refractivity contribution in [3.8, 4) is 5.75 Å². The lowest BCUT2D eigenvalue weighted by Gasteiger charge is -2.38. The van der Waals surface area contributed by atoms with Crippen LogP contribution in [0.2, 0.25) is 18.1 Å². The minimum absolute atomic E-state index is 0.0269. The summed E-state index contributed by atoms with van der Waals surface area (Å²) < 4.78 is 54.9. The fraction of sp³-hybridized carbons (Fsp3) is 0.529. The van der Waals surface area contributed by atoms with Gasteiger partial charge in [0.1, 0.15) is 18.5 Å². The van der Waals surface area contributed by atoms with Gasteiger partial charge in [-0.25, -0.2) is 0 Å². The molecule has 1 atom stereocenters. The molecule has 0 bridgehead atoms. The first-order chi connectivity index (χ1) is 11.9. The highest BCUT2D eigenvalue weighted by molar-refractivity contribution is 6.74. The zero-order valence-electron chi connectivity index (χ0n) is 15.8. The van der Waals surface area contributed by atoms with Crippen molar-refractivity contribution in [2.45, 2.75) is 51.2 Å². The third-order valence-corrected chi connectivity index (χ3v) is 8.80. The quantitative estimate of drug-likeness (QED) is 0.532. The highest BCUT2D eigenvalue weighted by atomic mass is 28.4. The molecule has 0 unspecified atom stereocenters. The Morgan fingerprint density at radius 2 is 1.88 bits per heavy atom. The topological polar surface area (TPSA) is 47.9 Å². The molecule has 0 fully saturated rings. The van der Waals surface area contributed by atoms with Gasteiger partial charge >= 0.3 is 13.9 Å². The van der Waals surface area contributed by atoms with Gasteiger partial charge in [-0.05, 0) is 42.4 Å². The molecule has 1 rings (SSSR count). The van der Waals surface area contributed by atoms with Crippen LogP contribution in [0.25, 0.3) is 0 Å². The molecule has 0 radical (unpaired) electrons. The number of alkyl halides is 3. The van der Waals surface area contributed by atoms with E-state index in [-0.39, 0.29) is 17.4 Å². The van der Waals surface area contributed by atoms with Crippen LogP contribution in [0.15, 0.2) is 36.6 Å². The van der Waals surface area contributed by atoms with E-state index in [4.69, 9.17) is 18.8 Å². The number of hydrogen-bond donors (Lipinski definition) is 1. The van der Waals surface area contributed by atoms with Crippen LogP contribution in [0, 0.1) is 0 Å². The third kappa shape index (κ3) is 7.05. The molecule has 0 amide bonds. The summed E-state index contributed by atoms with van der Waals surface area (Å²) in [5, 5.41) is 8.66. The van der Waals surface area contributed by atoms with Crippen LogP contribution in [-0.4, -0.2) is 33.7 Å². The van der Waals surface area contributed by atoms with Crippen LogP contribution in [0.4, 0.5) is 13.2 Å². The Labute approximate surface area is 154 Å². The number of ether oxygens (including phenoxy) is 1. The summed E-state index contributed by atoms with van der Waals surface area (Å²) >= 11 is 0. The van der Waals surface area contributed by atoms with Crippen LogP contribution in [-0.2, 0) is 15.3 Å². The summed E-state index contributed by atoms with van der Waals surface area (Å²) in [6, 6.07) is 4.71. The molecule has 1 aromatic carbocycles. The highest BCUT2D eigenvalue weighted by Gasteiger charge is 2.39. The molecule has 0 aliphatic rings. The number of benzene rings is 1. The molecule has 9 heteroatoms. The van der Waals surface area contributed by atoms with E-state index >= 15 is 0 Å². The SMILES string of the molecule is CC(C)(C)[Si](C)(C)O[C@H](/C=C/OBO)COc1cccc(C(F)(F)F)c1. The molecule has 4 nitrogen and oxygen atoms in total. The van der Waals surface area contributed by atoms with Gasteiger partial charge in [-0.2, -0.15) is 13.2 Å². The normalized spacial score (nSPS) is 14.3. The van der Waals surface area contributed by atoms with E-state index in [1.54, 1.807) is 6.08 Å². The van der Waals surface area contributed by atoms with Gasteiger partial charge in [0.15, 0.2) is 8.32 Å². The number of halogens is 3. The summed E-state index contributed by atoms with van der Waals surface area (Å²) in [7, 11) is -2.61. The lowest BCUT2D eigenvalue weighted by atomic mass is 10.2. The second kappa shape index (κ2) is 8.97. The molecule has 0 aromatic heterocycles. The summed E-state index contributed by atoms with van der Waals surface area (Å²) in [5.74, 6) is 0.111. The second-order valence-corrected chi connectivity index (χ2v) is 12.1. The van der Waals surface area contributed by atoms with E-state index in [2.05, 4.69) is 33.9 Å². The maximum atomic E-state index is 12.8. The smallest absolute Gasteiger partial charge is 0.503 e. The molecular formula is C17H26BF3O4Si. The van der Waals surface area contributed by atoms with Gasteiger partial charge in [-0.15, -0.1) is 0 Å². The predicted octanol–water partition coefficient (Wildman–Crippen LogP) is 4.26. The van der Waals surface area contributed by atoms with E-state index in [9.17, 15) is 13.2 Å². The Bertz CT molecular complexity index is 600. The first-order valence-electron chi connectivity index (χ1n) is 8.24. The Hall–Kier alpha value is -1.45. The minimum atomic E-state index is -4.43. The van der Waals surface area contributed by atoms with Gasteiger partial charge in [-0.3, -0.25) is 0 Å². The average Bonchev–Trinajstić information content (AvgIpc) is 2.51. The Morgan fingerprint density at radius 3 is 2.42 bits per heavy atom. The summed E-state index contributed by atoms with van der Waals surface area (Å²) in [6.07, 6.45) is -2.06. The van der Waals surface area contributed by atoms with Gasteiger partial charge in [0.05, 0.1) is 11.8 Å². The molecule has 0 spiro atoms. The average molecular weight is 390 g/mol. The van der Waals surface area contributed by atoms with Crippen molar-refractivity contribution in [2.24, 2.45) is 0 Å². The second-order valence-electron chi connectivity index (χ2n) is 7.38. The van der Waals surface area contributed by atoms with Gasteiger partial charge < -0.3 is 18.8 Å². The van der Waals surface area contributed by atoms with Crippen LogP contribution < -0.4 is 4.74 Å². The maximum Gasteiger partial charge on any atom is 0.503 e. The molecule has 0 saturated carbocycles. The van der Waals surface area contributed by atoms with Crippen molar-refractivity contribution in [1.82, 2.24) is 0 Å². The summed E-state index contributed by atoms with van der Waals surface area (Å²) in [5.41, 5.74) is -0.768. The van der Waals surface area contributed by atoms with Gasteiger partial charge in [0, 0.05) is 0 Å². The molecular weight excluding hydrogens is 364 g/mol. The molecule has 1 aromatic rings. The van der Waals surface area contributed by atoms with Crippen molar-refractivity contribution in [1.29, 1.82) is 0 Å². The fourth-order valence-electron chi connectivity index (χ4n) is 1.81.